The second kappa shape index (κ2) is 3.59. The van der Waals surface area contributed by atoms with Crippen LogP contribution in [0.1, 0.15) is 74.1 Å². The van der Waals surface area contributed by atoms with Gasteiger partial charge in [-0.25, -0.2) is 0 Å². The molecule has 0 radical (unpaired) electrons. The standard InChI is InChI=1S/C18H32O/c1-12-16(4,5)13-9-8-10-14-18(13,17(12,6)7)11-15(2,3)19-14/h12-14H,8-11H2,1-7H3/t12-,13+,14-,18?/m0/s1. The molecule has 110 valence electrons. The van der Waals surface area contributed by atoms with Gasteiger partial charge in [-0.3, -0.25) is 0 Å². The summed E-state index contributed by atoms with van der Waals surface area (Å²) in [5.74, 6) is 1.61. The third-order valence-corrected chi connectivity index (χ3v) is 7.63. The molecule has 3 fully saturated rings. The minimum absolute atomic E-state index is 0.0741. The summed E-state index contributed by atoms with van der Waals surface area (Å²) < 4.78 is 6.53. The maximum Gasteiger partial charge on any atom is 0.0647 e. The minimum Gasteiger partial charge on any atom is -0.372 e. The van der Waals surface area contributed by atoms with E-state index in [0.717, 1.165) is 11.8 Å². The molecular weight excluding hydrogens is 232 g/mol. The van der Waals surface area contributed by atoms with E-state index in [1.54, 1.807) is 0 Å². The van der Waals surface area contributed by atoms with E-state index in [1.165, 1.54) is 25.7 Å². The van der Waals surface area contributed by atoms with Crippen molar-refractivity contribution in [3.63, 3.8) is 0 Å². The molecular formula is C18H32O. The van der Waals surface area contributed by atoms with Crippen molar-refractivity contribution in [3.05, 3.63) is 0 Å². The van der Waals surface area contributed by atoms with Crippen LogP contribution in [0, 0.1) is 28.1 Å². The van der Waals surface area contributed by atoms with Crippen molar-refractivity contribution in [2.75, 3.05) is 0 Å². The Kier molecular flexibility index (Phi) is 2.63. The molecule has 1 aliphatic heterocycles. The summed E-state index contributed by atoms with van der Waals surface area (Å²) >= 11 is 0. The van der Waals surface area contributed by atoms with Crippen molar-refractivity contribution >= 4 is 0 Å². The Hall–Kier alpha value is -0.0400. The molecule has 0 aromatic rings. The molecule has 0 amide bonds. The summed E-state index contributed by atoms with van der Waals surface area (Å²) in [6, 6.07) is 0. The fourth-order valence-electron chi connectivity index (χ4n) is 6.54. The zero-order valence-electron chi connectivity index (χ0n) is 14.0. The smallest absolute Gasteiger partial charge is 0.0647 e. The Morgan fingerprint density at radius 3 is 2.21 bits per heavy atom. The number of hydrogen-bond donors (Lipinski definition) is 0. The highest BCUT2D eigenvalue weighted by Crippen LogP contribution is 2.75. The van der Waals surface area contributed by atoms with Crippen LogP contribution in [0.4, 0.5) is 0 Å². The van der Waals surface area contributed by atoms with Gasteiger partial charge in [0.25, 0.3) is 0 Å². The van der Waals surface area contributed by atoms with Crippen molar-refractivity contribution in [1.82, 2.24) is 0 Å². The Balaban J connectivity index is 2.16. The first-order valence-corrected chi connectivity index (χ1v) is 8.23. The van der Waals surface area contributed by atoms with E-state index in [4.69, 9.17) is 4.74 Å². The van der Waals surface area contributed by atoms with Crippen LogP contribution in [0.3, 0.4) is 0 Å². The largest absolute Gasteiger partial charge is 0.372 e. The Morgan fingerprint density at radius 1 is 0.947 bits per heavy atom. The lowest BCUT2D eigenvalue weighted by Gasteiger charge is -2.50. The van der Waals surface area contributed by atoms with Crippen molar-refractivity contribution < 1.29 is 4.74 Å². The van der Waals surface area contributed by atoms with E-state index < -0.39 is 0 Å². The molecule has 2 aliphatic carbocycles. The first-order valence-electron chi connectivity index (χ1n) is 8.23. The molecule has 0 aromatic heterocycles. The zero-order valence-corrected chi connectivity index (χ0v) is 14.0. The summed E-state index contributed by atoms with van der Waals surface area (Å²) in [6.07, 6.45) is 5.82. The van der Waals surface area contributed by atoms with Gasteiger partial charge in [-0.1, -0.05) is 41.0 Å². The Bertz CT molecular complexity index is 392. The van der Waals surface area contributed by atoms with E-state index in [9.17, 15) is 0 Å². The molecule has 4 atom stereocenters. The van der Waals surface area contributed by atoms with Crippen LogP contribution in [-0.4, -0.2) is 11.7 Å². The van der Waals surface area contributed by atoms with Gasteiger partial charge in [-0.05, 0) is 55.8 Å². The molecule has 3 rings (SSSR count). The number of ether oxygens (including phenoxy) is 1. The van der Waals surface area contributed by atoms with E-state index in [2.05, 4.69) is 48.5 Å². The summed E-state index contributed by atoms with van der Waals surface area (Å²) in [5.41, 5.74) is 1.33. The normalized spacial score (nSPS) is 49.7. The molecule has 1 spiro atoms. The third-order valence-electron chi connectivity index (χ3n) is 7.63. The van der Waals surface area contributed by atoms with E-state index >= 15 is 0 Å². The van der Waals surface area contributed by atoms with Gasteiger partial charge in [0.2, 0.25) is 0 Å². The maximum absolute atomic E-state index is 6.53. The summed E-state index contributed by atoms with van der Waals surface area (Å²) in [7, 11) is 0. The third kappa shape index (κ3) is 1.46. The van der Waals surface area contributed by atoms with Crippen LogP contribution in [0.5, 0.6) is 0 Å². The lowest BCUT2D eigenvalue weighted by molar-refractivity contribution is -0.0916. The molecule has 0 bridgehead atoms. The average molecular weight is 264 g/mol. The highest BCUT2D eigenvalue weighted by molar-refractivity contribution is 5.20. The van der Waals surface area contributed by atoms with Crippen LogP contribution >= 0.6 is 0 Å². The van der Waals surface area contributed by atoms with Gasteiger partial charge < -0.3 is 4.74 Å². The predicted molar refractivity (Wildman–Crippen MR) is 80.1 cm³/mol. The first kappa shape index (κ1) is 13.9. The van der Waals surface area contributed by atoms with Gasteiger partial charge in [0, 0.05) is 5.41 Å². The molecule has 1 nitrogen and oxygen atoms in total. The van der Waals surface area contributed by atoms with E-state index in [-0.39, 0.29) is 5.60 Å². The Labute approximate surface area is 119 Å². The van der Waals surface area contributed by atoms with Gasteiger partial charge in [0.05, 0.1) is 11.7 Å². The molecule has 3 aliphatic rings. The molecule has 1 heterocycles. The second-order valence-electron chi connectivity index (χ2n) is 9.33. The van der Waals surface area contributed by atoms with Gasteiger partial charge in [-0.2, -0.15) is 0 Å². The summed E-state index contributed by atoms with van der Waals surface area (Å²) in [4.78, 5) is 0. The highest BCUT2D eigenvalue weighted by Gasteiger charge is 2.73. The van der Waals surface area contributed by atoms with Crippen LogP contribution in [-0.2, 0) is 4.74 Å². The van der Waals surface area contributed by atoms with Crippen molar-refractivity contribution in [3.8, 4) is 0 Å². The minimum atomic E-state index is 0.0741. The molecule has 0 aromatic carbocycles. The quantitative estimate of drug-likeness (QED) is 0.595. The van der Waals surface area contributed by atoms with Crippen LogP contribution in [0.25, 0.3) is 0 Å². The van der Waals surface area contributed by atoms with Gasteiger partial charge >= 0.3 is 0 Å². The second-order valence-corrected chi connectivity index (χ2v) is 9.33. The number of rotatable bonds is 0. The van der Waals surface area contributed by atoms with Crippen molar-refractivity contribution in [2.45, 2.75) is 85.9 Å². The van der Waals surface area contributed by atoms with Crippen LogP contribution in [0.2, 0.25) is 0 Å². The number of hydrogen-bond acceptors (Lipinski definition) is 1. The molecule has 0 N–H and O–H groups in total. The van der Waals surface area contributed by atoms with Crippen molar-refractivity contribution in [1.29, 1.82) is 0 Å². The lowest BCUT2D eigenvalue weighted by Crippen LogP contribution is -2.48. The first-order chi connectivity index (χ1) is 8.56. The van der Waals surface area contributed by atoms with Crippen molar-refractivity contribution in [2.24, 2.45) is 28.1 Å². The summed E-state index contributed by atoms with van der Waals surface area (Å²) in [6.45, 7) is 17.2. The monoisotopic (exact) mass is 264 g/mol. The predicted octanol–water partition coefficient (Wildman–Crippen LogP) is 5.04. The average Bonchev–Trinajstić information content (AvgIpc) is 2.62. The summed E-state index contributed by atoms with van der Waals surface area (Å²) in [5, 5.41) is 0. The van der Waals surface area contributed by atoms with E-state index in [0.29, 0.717) is 22.3 Å². The van der Waals surface area contributed by atoms with Crippen LogP contribution in [0.15, 0.2) is 0 Å². The van der Waals surface area contributed by atoms with Crippen LogP contribution < -0.4 is 0 Å². The fourth-order valence-corrected chi connectivity index (χ4v) is 6.54. The maximum atomic E-state index is 6.53. The lowest BCUT2D eigenvalue weighted by atomic mass is 9.53. The molecule has 1 saturated heterocycles. The van der Waals surface area contributed by atoms with Gasteiger partial charge in [0.1, 0.15) is 0 Å². The topological polar surface area (TPSA) is 9.23 Å². The highest BCUT2D eigenvalue weighted by atomic mass is 16.5. The van der Waals surface area contributed by atoms with Gasteiger partial charge in [-0.15, -0.1) is 0 Å². The van der Waals surface area contributed by atoms with E-state index in [1.807, 2.05) is 0 Å². The zero-order chi connectivity index (χ0) is 14.3. The Morgan fingerprint density at radius 2 is 1.58 bits per heavy atom. The molecule has 19 heavy (non-hydrogen) atoms. The van der Waals surface area contributed by atoms with Gasteiger partial charge in [0.15, 0.2) is 0 Å². The fraction of sp³-hybridized carbons (Fsp3) is 1.00. The molecule has 1 heteroatoms. The molecule has 2 saturated carbocycles. The SMILES string of the molecule is C[C@H]1C(C)(C)[C@H]2CCC[C@@H]3OC(C)(C)CC32C1(C)C. The molecule has 1 unspecified atom stereocenters.